The average molecular weight is 460 g/mol. The number of esters is 1. The zero-order valence-corrected chi connectivity index (χ0v) is 20.5. The van der Waals surface area contributed by atoms with E-state index in [1.807, 2.05) is 27.7 Å². The summed E-state index contributed by atoms with van der Waals surface area (Å²) in [5.74, 6) is -1.14. The lowest BCUT2D eigenvalue weighted by Gasteiger charge is -2.28. The molecule has 0 aliphatic carbocycles. The summed E-state index contributed by atoms with van der Waals surface area (Å²) in [5.41, 5.74) is 2.14. The molecule has 0 saturated heterocycles. The number of carbonyl (C=O) groups excluding carboxylic acids is 3. The molecule has 1 aromatic carbocycles. The van der Waals surface area contributed by atoms with Crippen molar-refractivity contribution in [1.82, 2.24) is 14.8 Å². The zero-order chi connectivity index (χ0) is 24.9. The first kappa shape index (κ1) is 26.1. The maximum absolute atomic E-state index is 13.4. The Kier molecular flexibility index (Phi) is 8.41. The van der Waals surface area contributed by atoms with Crippen LogP contribution in [0.1, 0.15) is 72.3 Å². The van der Waals surface area contributed by atoms with Gasteiger partial charge in [0.15, 0.2) is 5.78 Å². The van der Waals surface area contributed by atoms with Crippen LogP contribution in [-0.4, -0.2) is 45.9 Å². The number of hydrogen-bond acceptors (Lipinski definition) is 4. The zero-order valence-electron chi connectivity index (χ0n) is 20.5. The van der Waals surface area contributed by atoms with Crippen molar-refractivity contribution in [2.75, 3.05) is 13.2 Å². The van der Waals surface area contributed by atoms with Crippen LogP contribution in [-0.2, 0) is 17.8 Å². The van der Waals surface area contributed by atoms with Gasteiger partial charge in [0.25, 0.3) is 0 Å². The fourth-order valence-electron chi connectivity index (χ4n) is 3.83. The lowest BCUT2D eigenvalue weighted by molar-refractivity contribution is 0.0512. The summed E-state index contributed by atoms with van der Waals surface area (Å²) in [6.07, 6.45) is 0. The number of amides is 2. The molecule has 2 amide bonds. The molecule has 0 bridgehead atoms. The number of urea groups is 1. The van der Waals surface area contributed by atoms with Crippen molar-refractivity contribution in [2.45, 2.75) is 67.1 Å². The average Bonchev–Trinajstić information content (AvgIpc) is 2.97. The fraction of sp³-hybridized carbons (Fsp3) is 0.480. The van der Waals surface area contributed by atoms with Crippen LogP contribution >= 0.6 is 0 Å². The van der Waals surface area contributed by atoms with E-state index in [0.717, 1.165) is 0 Å². The van der Waals surface area contributed by atoms with E-state index in [4.69, 9.17) is 4.74 Å². The number of hydrogen-bond donors (Lipinski definition) is 1. The van der Waals surface area contributed by atoms with Crippen molar-refractivity contribution < 1.29 is 23.5 Å². The number of ketones is 1. The van der Waals surface area contributed by atoms with Gasteiger partial charge in [0.1, 0.15) is 11.5 Å². The van der Waals surface area contributed by atoms with E-state index in [-0.39, 0.29) is 31.3 Å². The Morgan fingerprint density at radius 2 is 1.70 bits per heavy atom. The number of nitrogens with zero attached hydrogens (tertiary/aromatic N) is 2. The summed E-state index contributed by atoms with van der Waals surface area (Å²) in [6, 6.07) is 5.40. The summed E-state index contributed by atoms with van der Waals surface area (Å²) in [6.45, 7) is 13.3. The second-order valence-electron chi connectivity index (χ2n) is 8.98. The molecule has 0 aliphatic rings. The molecule has 2 rings (SSSR count). The summed E-state index contributed by atoms with van der Waals surface area (Å²) in [5, 5.41) is 2.88. The number of halogens is 1. The Bertz CT molecular complexity index is 1020. The molecule has 0 atom stereocenters. The van der Waals surface area contributed by atoms with Gasteiger partial charge in [-0.15, -0.1) is 0 Å². The molecule has 0 saturated carbocycles. The standard InChI is InChI=1S/C25H34FN3O4/c1-8-29-17(4)21(16(3)22(29)23(31)33-9-2)20(30)15-28(24(32)27-25(5,6)7)14-18-10-12-19(26)13-11-18/h10-13H,8-9,14-15H2,1-7H3,(H,27,32). The van der Waals surface area contributed by atoms with Gasteiger partial charge in [-0.1, -0.05) is 12.1 Å². The van der Waals surface area contributed by atoms with Crippen molar-refractivity contribution in [3.63, 3.8) is 0 Å². The molecule has 1 aromatic heterocycles. The van der Waals surface area contributed by atoms with E-state index in [0.29, 0.717) is 34.6 Å². The summed E-state index contributed by atoms with van der Waals surface area (Å²) >= 11 is 0. The molecule has 2 aromatic rings. The number of aromatic nitrogens is 1. The molecule has 8 heteroatoms. The maximum atomic E-state index is 13.4. The first-order valence-corrected chi connectivity index (χ1v) is 11.1. The highest BCUT2D eigenvalue weighted by Crippen LogP contribution is 2.24. The molecule has 0 radical (unpaired) electrons. The predicted molar refractivity (Wildman–Crippen MR) is 125 cm³/mol. The molecule has 33 heavy (non-hydrogen) atoms. The highest BCUT2D eigenvalue weighted by molar-refractivity contribution is 6.04. The molecule has 7 nitrogen and oxygen atoms in total. The number of carbonyl (C=O) groups is 3. The second kappa shape index (κ2) is 10.6. The van der Waals surface area contributed by atoms with Crippen LogP contribution in [0.15, 0.2) is 24.3 Å². The van der Waals surface area contributed by atoms with Gasteiger partial charge in [-0.2, -0.15) is 0 Å². The molecule has 0 aliphatic heterocycles. The smallest absolute Gasteiger partial charge is 0.355 e. The van der Waals surface area contributed by atoms with Gasteiger partial charge in [-0.25, -0.2) is 14.0 Å². The highest BCUT2D eigenvalue weighted by Gasteiger charge is 2.29. The van der Waals surface area contributed by atoms with E-state index in [2.05, 4.69) is 5.32 Å². The van der Waals surface area contributed by atoms with Gasteiger partial charge < -0.3 is 19.5 Å². The maximum Gasteiger partial charge on any atom is 0.355 e. The Morgan fingerprint density at radius 3 is 2.21 bits per heavy atom. The van der Waals surface area contributed by atoms with Crippen LogP contribution in [0.4, 0.5) is 9.18 Å². The summed E-state index contributed by atoms with van der Waals surface area (Å²) < 4.78 is 20.3. The van der Waals surface area contributed by atoms with Gasteiger partial charge in [-0.05, 0) is 71.7 Å². The van der Waals surface area contributed by atoms with Crippen LogP contribution in [0.2, 0.25) is 0 Å². The van der Waals surface area contributed by atoms with E-state index < -0.39 is 17.5 Å². The molecule has 1 N–H and O–H groups in total. The predicted octanol–water partition coefficient (Wildman–Crippen LogP) is 4.63. The fourth-order valence-corrected chi connectivity index (χ4v) is 3.83. The van der Waals surface area contributed by atoms with E-state index in [1.54, 1.807) is 37.5 Å². The molecular formula is C25H34FN3O4. The Hall–Kier alpha value is -3.16. The normalized spacial score (nSPS) is 11.3. The highest BCUT2D eigenvalue weighted by atomic mass is 19.1. The quantitative estimate of drug-likeness (QED) is 0.461. The first-order valence-electron chi connectivity index (χ1n) is 11.1. The third kappa shape index (κ3) is 6.43. The van der Waals surface area contributed by atoms with Crippen LogP contribution in [0.5, 0.6) is 0 Å². The Morgan fingerprint density at radius 1 is 1.09 bits per heavy atom. The van der Waals surface area contributed by atoms with Gasteiger partial charge in [-0.3, -0.25) is 4.79 Å². The van der Waals surface area contributed by atoms with Crippen LogP contribution < -0.4 is 5.32 Å². The van der Waals surface area contributed by atoms with Gasteiger partial charge in [0.2, 0.25) is 0 Å². The van der Waals surface area contributed by atoms with Gasteiger partial charge in [0, 0.05) is 29.9 Å². The SMILES string of the molecule is CCOC(=O)c1c(C)c(C(=O)CN(Cc2ccc(F)cc2)C(=O)NC(C)(C)C)c(C)n1CC. The third-order valence-electron chi connectivity index (χ3n) is 5.22. The number of nitrogens with one attached hydrogen (secondary N) is 1. The Balaban J connectivity index is 2.41. The second-order valence-corrected chi connectivity index (χ2v) is 8.98. The lowest BCUT2D eigenvalue weighted by atomic mass is 10.0. The molecule has 0 unspecified atom stereocenters. The summed E-state index contributed by atoms with van der Waals surface area (Å²) in [4.78, 5) is 40.3. The van der Waals surface area contributed by atoms with Gasteiger partial charge >= 0.3 is 12.0 Å². The number of rotatable bonds is 8. The largest absolute Gasteiger partial charge is 0.461 e. The minimum absolute atomic E-state index is 0.130. The van der Waals surface area contributed by atoms with Crippen molar-refractivity contribution in [1.29, 1.82) is 0 Å². The van der Waals surface area contributed by atoms with E-state index in [9.17, 15) is 18.8 Å². The topological polar surface area (TPSA) is 80.6 Å². The van der Waals surface area contributed by atoms with Gasteiger partial charge in [0.05, 0.1) is 13.2 Å². The molecular weight excluding hydrogens is 425 g/mol. The third-order valence-corrected chi connectivity index (χ3v) is 5.22. The van der Waals surface area contributed by atoms with Crippen molar-refractivity contribution in [3.8, 4) is 0 Å². The van der Waals surface area contributed by atoms with Crippen molar-refractivity contribution in [2.24, 2.45) is 0 Å². The Labute approximate surface area is 194 Å². The molecule has 1 heterocycles. The van der Waals surface area contributed by atoms with E-state index >= 15 is 0 Å². The lowest BCUT2D eigenvalue weighted by Crippen LogP contribution is -2.49. The van der Waals surface area contributed by atoms with Crippen LogP contribution in [0.25, 0.3) is 0 Å². The minimum Gasteiger partial charge on any atom is -0.461 e. The van der Waals surface area contributed by atoms with Crippen molar-refractivity contribution in [3.05, 3.63) is 58.2 Å². The number of Topliss-reactive ketones (excluding diaryl/α,β-unsaturated/α-hetero) is 1. The first-order chi connectivity index (χ1) is 15.4. The number of ether oxygens (including phenoxy) is 1. The van der Waals surface area contributed by atoms with E-state index in [1.165, 1.54) is 17.0 Å². The molecule has 0 fully saturated rings. The molecule has 0 spiro atoms. The monoisotopic (exact) mass is 459 g/mol. The van der Waals surface area contributed by atoms with Crippen molar-refractivity contribution >= 4 is 17.8 Å². The number of benzene rings is 1. The minimum atomic E-state index is -0.504. The molecule has 180 valence electrons. The van der Waals surface area contributed by atoms with Crippen LogP contribution in [0, 0.1) is 19.7 Å². The summed E-state index contributed by atoms with van der Waals surface area (Å²) in [7, 11) is 0. The van der Waals surface area contributed by atoms with Crippen LogP contribution in [0.3, 0.4) is 0 Å².